The first kappa shape index (κ1) is 12.6. The molecular weight excluding hydrogens is 184 g/mol. The van der Waals surface area contributed by atoms with Gasteiger partial charge in [0.1, 0.15) is 5.78 Å². The molecule has 0 amide bonds. The average molecular weight is 198 g/mol. The van der Waals surface area contributed by atoms with Gasteiger partial charge in [-0.1, -0.05) is 6.58 Å². The van der Waals surface area contributed by atoms with Gasteiger partial charge in [-0.25, -0.2) is 0 Å². The Kier molecular flexibility index (Phi) is 6.28. The van der Waals surface area contributed by atoms with Crippen LogP contribution in [-0.2, 0) is 19.1 Å². The van der Waals surface area contributed by atoms with E-state index in [1.54, 1.807) is 0 Å². The number of methoxy groups -OCH3 is 1. The number of ether oxygens (including phenoxy) is 1. The standard InChI is InChI=1S/C10H14O4/c1-3-8(11)4-5-9(12)6-7-10(13)14-2/h3H,1,4-7H2,2H3. The molecule has 14 heavy (non-hydrogen) atoms. The highest BCUT2D eigenvalue weighted by atomic mass is 16.5. The average Bonchev–Trinajstić information content (AvgIpc) is 2.22. The Bertz CT molecular complexity index is 243. The van der Waals surface area contributed by atoms with Crippen molar-refractivity contribution in [1.82, 2.24) is 0 Å². The number of allylic oxidation sites excluding steroid dienone is 1. The lowest BCUT2D eigenvalue weighted by Gasteiger charge is -1.98. The maximum atomic E-state index is 11.1. The Morgan fingerprint density at radius 1 is 1.14 bits per heavy atom. The molecule has 4 nitrogen and oxygen atoms in total. The maximum Gasteiger partial charge on any atom is 0.305 e. The molecule has 0 rings (SSSR count). The van der Waals surface area contributed by atoms with Gasteiger partial charge in [0.15, 0.2) is 5.78 Å². The van der Waals surface area contributed by atoms with Gasteiger partial charge in [-0.15, -0.1) is 0 Å². The van der Waals surface area contributed by atoms with E-state index in [1.807, 2.05) is 0 Å². The van der Waals surface area contributed by atoms with E-state index < -0.39 is 5.97 Å². The summed E-state index contributed by atoms with van der Waals surface area (Å²) in [7, 11) is 1.27. The fourth-order valence-electron chi connectivity index (χ4n) is 0.833. The summed E-state index contributed by atoms with van der Waals surface area (Å²) in [4.78, 5) is 32.5. The molecule has 4 heteroatoms. The van der Waals surface area contributed by atoms with Crippen LogP contribution in [0.2, 0.25) is 0 Å². The van der Waals surface area contributed by atoms with Gasteiger partial charge in [0, 0.05) is 19.3 Å². The Hall–Kier alpha value is -1.45. The van der Waals surface area contributed by atoms with Crippen molar-refractivity contribution in [2.24, 2.45) is 0 Å². The molecule has 0 saturated heterocycles. The Morgan fingerprint density at radius 2 is 1.71 bits per heavy atom. The van der Waals surface area contributed by atoms with Crippen LogP contribution in [0, 0.1) is 0 Å². The lowest BCUT2D eigenvalue weighted by atomic mass is 10.1. The molecule has 0 aromatic carbocycles. The Morgan fingerprint density at radius 3 is 2.21 bits per heavy atom. The van der Waals surface area contributed by atoms with Gasteiger partial charge < -0.3 is 4.74 Å². The number of Topliss-reactive ketones (excluding diaryl/α,β-unsaturated/α-hetero) is 1. The number of rotatable bonds is 7. The van der Waals surface area contributed by atoms with Crippen molar-refractivity contribution >= 4 is 17.5 Å². The van der Waals surface area contributed by atoms with Crippen molar-refractivity contribution in [3.05, 3.63) is 12.7 Å². The highest BCUT2D eigenvalue weighted by Crippen LogP contribution is 2.00. The summed E-state index contributed by atoms with van der Waals surface area (Å²) in [5, 5.41) is 0. The van der Waals surface area contributed by atoms with Gasteiger partial charge in [0.2, 0.25) is 0 Å². The van der Waals surface area contributed by atoms with Gasteiger partial charge >= 0.3 is 5.97 Å². The van der Waals surface area contributed by atoms with Crippen LogP contribution in [0.15, 0.2) is 12.7 Å². The third-order valence-electron chi connectivity index (χ3n) is 1.71. The summed E-state index contributed by atoms with van der Waals surface area (Å²) in [6, 6.07) is 0. The second-order valence-corrected chi connectivity index (χ2v) is 2.79. The predicted molar refractivity (Wildman–Crippen MR) is 50.7 cm³/mol. The van der Waals surface area contributed by atoms with Crippen LogP contribution in [0.1, 0.15) is 25.7 Å². The maximum absolute atomic E-state index is 11.1. The smallest absolute Gasteiger partial charge is 0.305 e. The third-order valence-corrected chi connectivity index (χ3v) is 1.71. The monoisotopic (exact) mass is 198 g/mol. The normalized spacial score (nSPS) is 9.21. The van der Waals surface area contributed by atoms with E-state index in [0.717, 1.165) is 0 Å². The fourth-order valence-corrected chi connectivity index (χ4v) is 0.833. The van der Waals surface area contributed by atoms with E-state index in [0.29, 0.717) is 0 Å². The summed E-state index contributed by atoms with van der Waals surface area (Å²) in [6.07, 6.45) is 1.74. The lowest BCUT2D eigenvalue weighted by molar-refractivity contribution is -0.141. The third kappa shape index (κ3) is 6.11. The van der Waals surface area contributed by atoms with E-state index in [2.05, 4.69) is 11.3 Å². The molecule has 0 aromatic rings. The van der Waals surface area contributed by atoms with Gasteiger partial charge in [-0.05, 0) is 6.08 Å². The van der Waals surface area contributed by atoms with Gasteiger partial charge in [0.25, 0.3) is 0 Å². The molecule has 0 spiro atoms. The molecule has 0 N–H and O–H groups in total. The number of carbonyl (C=O) groups excluding carboxylic acids is 3. The number of hydrogen-bond donors (Lipinski definition) is 0. The molecule has 0 heterocycles. The quantitative estimate of drug-likeness (QED) is 0.453. The minimum absolute atomic E-state index is 0.0810. The van der Waals surface area contributed by atoms with E-state index >= 15 is 0 Å². The van der Waals surface area contributed by atoms with Crippen LogP contribution in [0.3, 0.4) is 0 Å². The Labute approximate surface area is 82.9 Å². The van der Waals surface area contributed by atoms with Gasteiger partial charge in [0.05, 0.1) is 13.5 Å². The number of carbonyl (C=O) groups is 3. The molecule has 0 radical (unpaired) electrons. The highest BCUT2D eigenvalue weighted by molar-refractivity contribution is 5.93. The van der Waals surface area contributed by atoms with E-state index in [9.17, 15) is 14.4 Å². The molecule has 0 unspecified atom stereocenters. The summed E-state index contributed by atoms with van der Waals surface area (Å²) in [6.45, 7) is 3.29. The van der Waals surface area contributed by atoms with Crippen molar-refractivity contribution in [3.63, 3.8) is 0 Å². The molecule has 0 bridgehead atoms. The van der Waals surface area contributed by atoms with Gasteiger partial charge in [-0.3, -0.25) is 14.4 Å². The van der Waals surface area contributed by atoms with Crippen molar-refractivity contribution in [1.29, 1.82) is 0 Å². The molecule has 0 fully saturated rings. The molecular formula is C10H14O4. The first-order valence-corrected chi connectivity index (χ1v) is 4.34. The predicted octanol–water partition coefficient (Wildman–Crippen LogP) is 1.04. The second kappa shape index (κ2) is 7.00. The van der Waals surface area contributed by atoms with Crippen LogP contribution >= 0.6 is 0 Å². The largest absolute Gasteiger partial charge is 0.469 e. The minimum atomic E-state index is -0.409. The number of esters is 1. The van der Waals surface area contributed by atoms with E-state index in [1.165, 1.54) is 13.2 Å². The zero-order valence-corrected chi connectivity index (χ0v) is 8.25. The van der Waals surface area contributed by atoms with Crippen molar-refractivity contribution in [2.45, 2.75) is 25.7 Å². The van der Waals surface area contributed by atoms with Crippen molar-refractivity contribution < 1.29 is 19.1 Å². The molecule has 0 aromatic heterocycles. The fraction of sp³-hybridized carbons (Fsp3) is 0.500. The lowest BCUT2D eigenvalue weighted by Crippen LogP contribution is -2.06. The first-order chi connectivity index (χ1) is 6.60. The van der Waals surface area contributed by atoms with Crippen molar-refractivity contribution in [3.8, 4) is 0 Å². The second-order valence-electron chi connectivity index (χ2n) is 2.79. The number of hydrogen-bond acceptors (Lipinski definition) is 4. The molecule has 0 saturated carbocycles. The zero-order valence-electron chi connectivity index (χ0n) is 8.25. The van der Waals surface area contributed by atoms with Crippen LogP contribution < -0.4 is 0 Å². The van der Waals surface area contributed by atoms with Gasteiger partial charge in [-0.2, -0.15) is 0 Å². The SMILES string of the molecule is C=CC(=O)CCC(=O)CCC(=O)OC. The molecule has 0 aliphatic rings. The van der Waals surface area contributed by atoms with Crippen LogP contribution in [0.5, 0.6) is 0 Å². The summed E-state index contributed by atoms with van der Waals surface area (Å²) >= 11 is 0. The summed E-state index contributed by atoms with van der Waals surface area (Å²) in [5.41, 5.74) is 0. The minimum Gasteiger partial charge on any atom is -0.469 e. The van der Waals surface area contributed by atoms with Crippen LogP contribution in [0.25, 0.3) is 0 Å². The topological polar surface area (TPSA) is 60.4 Å². The van der Waals surface area contributed by atoms with E-state index in [4.69, 9.17) is 0 Å². The zero-order chi connectivity index (χ0) is 11.0. The molecule has 0 aliphatic heterocycles. The Balaban J connectivity index is 3.61. The summed E-state index contributed by atoms with van der Waals surface area (Å²) < 4.78 is 4.37. The van der Waals surface area contributed by atoms with Crippen LogP contribution in [-0.4, -0.2) is 24.6 Å². The molecule has 78 valence electrons. The first-order valence-electron chi connectivity index (χ1n) is 4.34. The highest BCUT2D eigenvalue weighted by Gasteiger charge is 2.07. The van der Waals surface area contributed by atoms with Crippen molar-refractivity contribution in [2.75, 3.05) is 7.11 Å². The molecule has 0 aliphatic carbocycles. The van der Waals surface area contributed by atoms with E-state index in [-0.39, 0.29) is 37.2 Å². The number of ketones is 2. The summed E-state index contributed by atoms with van der Waals surface area (Å²) in [5.74, 6) is -0.671. The molecule has 0 atom stereocenters. The van der Waals surface area contributed by atoms with Crippen LogP contribution in [0.4, 0.5) is 0 Å².